The number of anilines is 1. The normalized spacial score (nSPS) is 19.6. The average Bonchev–Trinajstić information content (AvgIpc) is 3.17. The Bertz CT molecular complexity index is 983. The summed E-state index contributed by atoms with van der Waals surface area (Å²) in [6.45, 7) is 0. The topological polar surface area (TPSA) is 63.2 Å². The third kappa shape index (κ3) is 2.78. The average molecular weight is 359 g/mol. The number of thiophene rings is 1. The molecule has 3 heterocycles. The Balaban J connectivity index is 1.75. The zero-order valence-electron chi connectivity index (χ0n) is 13.2. The van der Waals surface area contributed by atoms with E-state index >= 15 is 0 Å². The molecule has 0 amide bonds. The van der Waals surface area contributed by atoms with Crippen molar-refractivity contribution >= 4 is 37.2 Å². The Kier molecular flexibility index (Phi) is 3.77. The number of benzene rings is 1. The Labute approximate surface area is 144 Å². The lowest BCUT2D eigenvalue weighted by Crippen LogP contribution is -2.33. The van der Waals surface area contributed by atoms with Crippen LogP contribution < -0.4 is 4.90 Å². The molecule has 0 spiro atoms. The number of nitrogens with zero attached hydrogens (tertiary/aromatic N) is 3. The molecule has 1 aromatic carbocycles. The molecule has 24 heavy (non-hydrogen) atoms. The van der Waals surface area contributed by atoms with Gasteiger partial charge in [-0.25, -0.2) is 18.4 Å². The van der Waals surface area contributed by atoms with E-state index in [0.717, 1.165) is 26.5 Å². The van der Waals surface area contributed by atoms with E-state index < -0.39 is 9.84 Å². The lowest BCUT2D eigenvalue weighted by Gasteiger charge is -2.24. The molecule has 0 bridgehead atoms. The van der Waals surface area contributed by atoms with Gasteiger partial charge in [0.2, 0.25) is 0 Å². The first kappa shape index (κ1) is 15.5. The molecule has 0 saturated carbocycles. The van der Waals surface area contributed by atoms with Crippen LogP contribution in [0.2, 0.25) is 0 Å². The van der Waals surface area contributed by atoms with Gasteiger partial charge in [-0.1, -0.05) is 30.3 Å². The van der Waals surface area contributed by atoms with Gasteiger partial charge in [0.05, 0.1) is 16.9 Å². The van der Waals surface area contributed by atoms with Crippen molar-refractivity contribution < 1.29 is 8.42 Å². The number of aromatic nitrogens is 2. The summed E-state index contributed by atoms with van der Waals surface area (Å²) in [5.74, 6) is 1.26. The van der Waals surface area contributed by atoms with E-state index in [-0.39, 0.29) is 17.5 Å². The molecule has 0 N–H and O–H groups in total. The molecular weight excluding hydrogens is 342 g/mol. The molecule has 1 aliphatic heterocycles. The van der Waals surface area contributed by atoms with Crippen LogP contribution in [0.5, 0.6) is 0 Å². The molecule has 1 aliphatic rings. The Hall–Kier alpha value is -1.99. The van der Waals surface area contributed by atoms with Gasteiger partial charge in [-0.3, -0.25) is 0 Å². The molecular formula is C17H17N3O2S2. The lowest BCUT2D eigenvalue weighted by atomic mass is 10.1. The van der Waals surface area contributed by atoms with E-state index in [4.69, 9.17) is 0 Å². The fourth-order valence-electron chi connectivity index (χ4n) is 3.12. The highest BCUT2D eigenvalue weighted by molar-refractivity contribution is 7.91. The minimum Gasteiger partial charge on any atom is -0.355 e. The van der Waals surface area contributed by atoms with Crippen molar-refractivity contribution in [2.45, 2.75) is 12.5 Å². The van der Waals surface area contributed by atoms with Crippen molar-refractivity contribution in [2.75, 3.05) is 23.5 Å². The van der Waals surface area contributed by atoms with Crippen LogP contribution in [0.4, 0.5) is 5.82 Å². The molecule has 0 aliphatic carbocycles. The van der Waals surface area contributed by atoms with E-state index in [9.17, 15) is 8.42 Å². The fourth-order valence-corrected chi connectivity index (χ4v) is 5.90. The first-order valence-corrected chi connectivity index (χ1v) is 10.4. The first-order chi connectivity index (χ1) is 11.5. The number of hydrogen-bond acceptors (Lipinski definition) is 6. The molecule has 124 valence electrons. The van der Waals surface area contributed by atoms with Crippen LogP contribution in [0, 0.1) is 0 Å². The van der Waals surface area contributed by atoms with Gasteiger partial charge in [-0.2, -0.15) is 0 Å². The second-order valence-corrected chi connectivity index (χ2v) is 9.32. The number of fused-ring (bicyclic) bond motifs is 1. The predicted octanol–water partition coefficient (Wildman–Crippen LogP) is 2.98. The Morgan fingerprint density at radius 3 is 2.71 bits per heavy atom. The highest BCUT2D eigenvalue weighted by atomic mass is 32.2. The molecule has 2 aromatic heterocycles. The second-order valence-electron chi connectivity index (χ2n) is 6.06. The SMILES string of the molecule is CN(c1ncnc2sc(-c3ccccc3)cc12)[C@@H]1CCS(=O)(=O)C1. The summed E-state index contributed by atoms with van der Waals surface area (Å²) in [6, 6.07) is 12.3. The highest BCUT2D eigenvalue weighted by Crippen LogP contribution is 2.36. The number of sulfone groups is 1. The summed E-state index contributed by atoms with van der Waals surface area (Å²) in [5.41, 5.74) is 1.15. The van der Waals surface area contributed by atoms with Crippen LogP contribution in [0.1, 0.15) is 6.42 Å². The summed E-state index contributed by atoms with van der Waals surface area (Å²) in [7, 11) is -0.998. The van der Waals surface area contributed by atoms with Gasteiger partial charge in [-0.15, -0.1) is 11.3 Å². The maximum absolute atomic E-state index is 11.8. The van der Waals surface area contributed by atoms with Crippen LogP contribution in [0.3, 0.4) is 0 Å². The largest absolute Gasteiger partial charge is 0.355 e. The van der Waals surface area contributed by atoms with Gasteiger partial charge in [0.15, 0.2) is 9.84 Å². The van der Waals surface area contributed by atoms with Gasteiger partial charge in [0, 0.05) is 18.0 Å². The van der Waals surface area contributed by atoms with Crippen LogP contribution >= 0.6 is 11.3 Å². The standard InChI is InChI=1S/C17H17N3O2S2/c1-20(13-7-8-24(21,22)10-13)16-14-9-15(12-5-3-2-4-6-12)23-17(14)19-11-18-16/h2-6,9,11,13H,7-8,10H2,1H3/t13-/m1/s1. The monoisotopic (exact) mass is 359 g/mol. The Morgan fingerprint density at radius 2 is 2.00 bits per heavy atom. The summed E-state index contributed by atoms with van der Waals surface area (Å²) >= 11 is 1.63. The molecule has 1 saturated heterocycles. The third-order valence-electron chi connectivity index (χ3n) is 4.46. The predicted molar refractivity (Wildman–Crippen MR) is 98.3 cm³/mol. The van der Waals surface area contributed by atoms with E-state index in [1.807, 2.05) is 30.1 Å². The number of hydrogen-bond donors (Lipinski definition) is 0. The summed E-state index contributed by atoms with van der Waals surface area (Å²) < 4.78 is 23.5. The summed E-state index contributed by atoms with van der Waals surface area (Å²) in [4.78, 5) is 12.9. The number of rotatable bonds is 3. The van der Waals surface area contributed by atoms with Crippen molar-refractivity contribution in [3.8, 4) is 10.4 Å². The van der Waals surface area contributed by atoms with Gasteiger partial charge in [-0.05, 0) is 18.1 Å². The molecule has 5 nitrogen and oxygen atoms in total. The van der Waals surface area contributed by atoms with Crippen molar-refractivity contribution in [3.05, 3.63) is 42.7 Å². The van der Waals surface area contributed by atoms with Gasteiger partial charge < -0.3 is 4.90 Å². The van der Waals surface area contributed by atoms with E-state index in [2.05, 4.69) is 28.2 Å². The maximum Gasteiger partial charge on any atom is 0.152 e. The lowest BCUT2D eigenvalue weighted by molar-refractivity contribution is 0.600. The fraction of sp³-hybridized carbons (Fsp3) is 0.294. The molecule has 7 heteroatoms. The van der Waals surface area contributed by atoms with Crippen molar-refractivity contribution in [1.82, 2.24) is 9.97 Å². The van der Waals surface area contributed by atoms with Crippen LogP contribution in [0.15, 0.2) is 42.7 Å². The highest BCUT2D eigenvalue weighted by Gasteiger charge is 2.32. The maximum atomic E-state index is 11.8. The Morgan fingerprint density at radius 1 is 1.21 bits per heavy atom. The summed E-state index contributed by atoms with van der Waals surface area (Å²) in [6.07, 6.45) is 2.21. The van der Waals surface area contributed by atoms with E-state index in [1.54, 1.807) is 17.7 Å². The van der Waals surface area contributed by atoms with E-state index in [0.29, 0.717) is 6.42 Å². The van der Waals surface area contributed by atoms with Gasteiger partial charge >= 0.3 is 0 Å². The van der Waals surface area contributed by atoms with Gasteiger partial charge in [0.25, 0.3) is 0 Å². The van der Waals surface area contributed by atoms with Crippen molar-refractivity contribution in [2.24, 2.45) is 0 Å². The smallest absolute Gasteiger partial charge is 0.152 e. The molecule has 3 aromatic rings. The molecule has 0 radical (unpaired) electrons. The van der Waals surface area contributed by atoms with Crippen molar-refractivity contribution in [3.63, 3.8) is 0 Å². The molecule has 0 unspecified atom stereocenters. The zero-order chi connectivity index (χ0) is 16.7. The summed E-state index contributed by atoms with van der Waals surface area (Å²) in [5, 5.41) is 0.980. The quantitative estimate of drug-likeness (QED) is 0.719. The van der Waals surface area contributed by atoms with Crippen LogP contribution in [0.25, 0.3) is 20.7 Å². The molecule has 4 rings (SSSR count). The van der Waals surface area contributed by atoms with E-state index in [1.165, 1.54) is 0 Å². The minimum absolute atomic E-state index is 0.0202. The zero-order valence-corrected chi connectivity index (χ0v) is 14.8. The molecule has 1 atom stereocenters. The van der Waals surface area contributed by atoms with Crippen molar-refractivity contribution in [1.29, 1.82) is 0 Å². The molecule has 1 fully saturated rings. The minimum atomic E-state index is -2.92. The second kappa shape index (κ2) is 5.82. The third-order valence-corrected chi connectivity index (χ3v) is 7.30. The first-order valence-electron chi connectivity index (χ1n) is 7.77. The van der Waals surface area contributed by atoms with Crippen LogP contribution in [-0.2, 0) is 9.84 Å². The van der Waals surface area contributed by atoms with Crippen LogP contribution in [-0.4, -0.2) is 43.0 Å². The van der Waals surface area contributed by atoms with Gasteiger partial charge in [0.1, 0.15) is 17.0 Å².